The van der Waals surface area contributed by atoms with Gasteiger partial charge in [0.25, 0.3) is 0 Å². The maximum Gasteiger partial charge on any atom is 0.243 e. The standard InChI is InChI=1S/C7H11ClN2O3S/c1-7(2,3)6-9-5(13-10-6)4-14(8,11)12/h4H2,1-3H3. The van der Waals surface area contributed by atoms with E-state index in [0.29, 0.717) is 5.82 Å². The smallest absolute Gasteiger partial charge is 0.243 e. The first-order valence-corrected chi connectivity index (χ1v) is 6.42. The third-order valence-electron chi connectivity index (χ3n) is 1.43. The number of halogens is 1. The first-order chi connectivity index (χ1) is 6.18. The van der Waals surface area contributed by atoms with E-state index in [1.165, 1.54) is 0 Å². The van der Waals surface area contributed by atoms with Crippen molar-refractivity contribution in [1.29, 1.82) is 0 Å². The minimum Gasteiger partial charge on any atom is -0.338 e. The van der Waals surface area contributed by atoms with Crippen molar-refractivity contribution >= 4 is 19.7 Å². The highest BCUT2D eigenvalue weighted by molar-refractivity contribution is 8.13. The Bertz CT molecular complexity index is 418. The van der Waals surface area contributed by atoms with Gasteiger partial charge in [0, 0.05) is 16.1 Å². The summed E-state index contributed by atoms with van der Waals surface area (Å²) in [5, 5.41) is 3.66. The van der Waals surface area contributed by atoms with Gasteiger partial charge in [0.2, 0.25) is 14.9 Å². The average molecular weight is 239 g/mol. The molecule has 7 heteroatoms. The summed E-state index contributed by atoms with van der Waals surface area (Å²) in [6.07, 6.45) is 0. The van der Waals surface area contributed by atoms with E-state index in [9.17, 15) is 8.42 Å². The van der Waals surface area contributed by atoms with E-state index in [-0.39, 0.29) is 11.3 Å². The molecule has 0 aliphatic rings. The van der Waals surface area contributed by atoms with Gasteiger partial charge in [-0.3, -0.25) is 0 Å². The van der Waals surface area contributed by atoms with Crippen molar-refractivity contribution in [2.24, 2.45) is 0 Å². The molecule has 0 radical (unpaired) electrons. The molecule has 0 saturated carbocycles. The number of hydrogen-bond donors (Lipinski definition) is 0. The Morgan fingerprint density at radius 2 is 2.00 bits per heavy atom. The summed E-state index contributed by atoms with van der Waals surface area (Å²) in [5.41, 5.74) is -0.266. The summed E-state index contributed by atoms with van der Waals surface area (Å²) < 4.78 is 26.1. The molecule has 0 saturated heterocycles. The Labute approximate surface area is 86.9 Å². The third kappa shape index (κ3) is 3.26. The van der Waals surface area contributed by atoms with Crippen LogP contribution in [0.1, 0.15) is 32.5 Å². The van der Waals surface area contributed by atoms with Crippen LogP contribution in [-0.2, 0) is 20.2 Å². The summed E-state index contributed by atoms with van der Waals surface area (Å²) in [4.78, 5) is 3.93. The summed E-state index contributed by atoms with van der Waals surface area (Å²) >= 11 is 0. The number of nitrogens with zero attached hydrogens (tertiary/aromatic N) is 2. The Hall–Kier alpha value is -0.620. The second-order valence-corrected chi connectivity index (χ2v) is 6.72. The van der Waals surface area contributed by atoms with Crippen LogP contribution in [0.2, 0.25) is 0 Å². The quantitative estimate of drug-likeness (QED) is 0.729. The van der Waals surface area contributed by atoms with Crippen LogP contribution in [0, 0.1) is 0 Å². The zero-order valence-corrected chi connectivity index (χ0v) is 9.68. The van der Waals surface area contributed by atoms with E-state index >= 15 is 0 Å². The third-order valence-corrected chi connectivity index (χ3v) is 2.35. The topological polar surface area (TPSA) is 73.1 Å². The number of hydrogen-bond acceptors (Lipinski definition) is 5. The summed E-state index contributed by atoms with van der Waals surface area (Å²) in [5.74, 6) is 0.0511. The van der Waals surface area contributed by atoms with Crippen LogP contribution in [0.3, 0.4) is 0 Å². The molecule has 1 rings (SSSR count). The molecule has 0 aliphatic heterocycles. The van der Waals surface area contributed by atoms with Crippen LogP contribution in [0.5, 0.6) is 0 Å². The van der Waals surface area contributed by atoms with Gasteiger partial charge in [-0.25, -0.2) is 8.42 Å². The van der Waals surface area contributed by atoms with Crippen molar-refractivity contribution in [2.45, 2.75) is 31.9 Å². The van der Waals surface area contributed by atoms with Crippen molar-refractivity contribution in [3.63, 3.8) is 0 Å². The SMILES string of the molecule is CC(C)(C)c1noc(CS(=O)(=O)Cl)n1. The van der Waals surface area contributed by atoms with Gasteiger partial charge in [-0.15, -0.1) is 0 Å². The van der Waals surface area contributed by atoms with E-state index < -0.39 is 14.8 Å². The molecule has 0 amide bonds. The molecule has 1 heterocycles. The molecule has 0 bridgehead atoms. The highest BCUT2D eigenvalue weighted by atomic mass is 35.7. The van der Waals surface area contributed by atoms with Gasteiger partial charge in [0.15, 0.2) is 5.82 Å². The normalized spacial score (nSPS) is 13.1. The predicted molar refractivity (Wildman–Crippen MR) is 51.5 cm³/mol. The number of aromatic nitrogens is 2. The molecule has 1 aromatic heterocycles. The van der Waals surface area contributed by atoms with E-state index in [0.717, 1.165) is 0 Å². The second kappa shape index (κ2) is 3.51. The van der Waals surface area contributed by atoms with Crippen LogP contribution < -0.4 is 0 Å². The van der Waals surface area contributed by atoms with Gasteiger partial charge >= 0.3 is 0 Å². The fourth-order valence-corrected chi connectivity index (χ4v) is 1.46. The molecule has 0 atom stereocenters. The average Bonchev–Trinajstić information content (AvgIpc) is 2.29. The molecule has 5 nitrogen and oxygen atoms in total. The van der Waals surface area contributed by atoms with E-state index in [1.54, 1.807) is 0 Å². The van der Waals surface area contributed by atoms with Gasteiger partial charge in [-0.1, -0.05) is 25.9 Å². The molecule has 80 valence electrons. The Morgan fingerprint density at radius 3 is 2.36 bits per heavy atom. The maximum atomic E-state index is 10.7. The predicted octanol–water partition coefficient (Wildman–Crippen LogP) is 1.44. The van der Waals surface area contributed by atoms with Crippen molar-refractivity contribution in [1.82, 2.24) is 10.1 Å². The fraction of sp³-hybridized carbons (Fsp3) is 0.714. The molecule has 0 aromatic carbocycles. The van der Waals surface area contributed by atoms with Crippen molar-refractivity contribution in [3.05, 3.63) is 11.7 Å². The first kappa shape index (κ1) is 11.5. The second-order valence-electron chi connectivity index (χ2n) is 3.94. The molecule has 0 spiro atoms. The summed E-state index contributed by atoms with van der Waals surface area (Å²) in [7, 11) is 1.40. The lowest BCUT2D eigenvalue weighted by molar-refractivity contribution is 0.371. The van der Waals surface area contributed by atoms with Crippen LogP contribution in [0.25, 0.3) is 0 Å². The lowest BCUT2D eigenvalue weighted by atomic mass is 9.96. The Balaban J connectivity index is 2.90. The lowest BCUT2D eigenvalue weighted by Crippen LogP contribution is -2.13. The highest BCUT2D eigenvalue weighted by Crippen LogP contribution is 2.19. The minimum absolute atomic E-state index is 0.0184. The van der Waals surface area contributed by atoms with Crippen LogP contribution in [-0.4, -0.2) is 18.6 Å². The Kier molecular flexibility index (Phi) is 2.87. The molecular weight excluding hydrogens is 228 g/mol. The van der Waals surface area contributed by atoms with Gasteiger partial charge in [0.05, 0.1) is 0 Å². The Morgan fingerprint density at radius 1 is 1.43 bits per heavy atom. The molecule has 1 aromatic rings. The molecule has 0 N–H and O–H groups in total. The zero-order valence-electron chi connectivity index (χ0n) is 8.11. The first-order valence-electron chi connectivity index (χ1n) is 3.94. The summed E-state index contributed by atoms with van der Waals surface area (Å²) in [6, 6.07) is 0. The highest BCUT2D eigenvalue weighted by Gasteiger charge is 2.22. The van der Waals surface area contributed by atoms with E-state index in [1.807, 2.05) is 20.8 Å². The molecule has 0 aliphatic carbocycles. The van der Waals surface area contributed by atoms with Crippen molar-refractivity contribution in [2.75, 3.05) is 0 Å². The van der Waals surface area contributed by atoms with Crippen LogP contribution in [0.15, 0.2) is 4.52 Å². The monoisotopic (exact) mass is 238 g/mol. The largest absolute Gasteiger partial charge is 0.338 e. The molecular formula is C7H11ClN2O3S. The van der Waals surface area contributed by atoms with Gasteiger partial charge < -0.3 is 4.52 Å². The van der Waals surface area contributed by atoms with Crippen molar-refractivity contribution in [3.8, 4) is 0 Å². The van der Waals surface area contributed by atoms with Crippen LogP contribution in [0.4, 0.5) is 0 Å². The molecule has 14 heavy (non-hydrogen) atoms. The van der Waals surface area contributed by atoms with Gasteiger partial charge in [-0.05, 0) is 0 Å². The fourth-order valence-electron chi connectivity index (χ4n) is 0.766. The maximum absolute atomic E-state index is 10.7. The molecule has 0 fully saturated rings. The summed E-state index contributed by atoms with van der Waals surface area (Å²) in [6.45, 7) is 5.70. The van der Waals surface area contributed by atoms with Gasteiger partial charge in [-0.2, -0.15) is 4.98 Å². The number of rotatable bonds is 2. The lowest BCUT2D eigenvalue weighted by Gasteiger charge is -2.10. The van der Waals surface area contributed by atoms with E-state index in [2.05, 4.69) is 10.1 Å². The molecule has 0 unspecified atom stereocenters. The van der Waals surface area contributed by atoms with Gasteiger partial charge in [0.1, 0.15) is 5.75 Å². The van der Waals surface area contributed by atoms with Crippen molar-refractivity contribution < 1.29 is 12.9 Å². The minimum atomic E-state index is -3.63. The van der Waals surface area contributed by atoms with Crippen LogP contribution >= 0.6 is 10.7 Å². The van der Waals surface area contributed by atoms with E-state index in [4.69, 9.17) is 15.2 Å². The zero-order chi connectivity index (χ0) is 11.0.